The van der Waals surface area contributed by atoms with Crippen LogP contribution in [0, 0.1) is 11.6 Å². The van der Waals surface area contributed by atoms with Gasteiger partial charge in [0.25, 0.3) is 0 Å². The minimum Gasteiger partial charge on any atom is -0.467 e. The molecule has 1 aromatic heterocycles. The molecule has 15 heteroatoms. The van der Waals surface area contributed by atoms with Crippen LogP contribution in [-0.4, -0.2) is 50.9 Å². The number of ether oxygens (including phenoxy) is 2. The van der Waals surface area contributed by atoms with Crippen LogP contribution in [0.4, 0.5) is 14.5 Å². The Morgan fingerprint density at radius 2 is 1.74 bits per heavy atom. The van der Waals surface area contributed by atoms with Crippen LogP contribution in [0.5, 0.6) is 0 Å². The summed E-state index contributed by atoms with van der Waals surface area (Å²) in [6.45, 7) is 4.18. The molecule has 4 N–H and O–H groups in total. The number of sulfonamides is 1. The number of nitrogens with two attached hydrogens (primary N) is 1. The Labute approximate surface area is 245 Å². The van der Waals surface area contributed by atoms with E-state index in [1.165, 1.54) is 26.2 Å². The quantitative estimate of drug-likeness (QED) is 0.187. The highest BCUT2D eigenvalue weighted by Crippen LogP contribution is 2.29. The number of anilines is 1. The molecule has 0 amide bonds. The Morgan fingerprint density at radius 1 is 1.07 bits per heavy atom. The number of esters is 2. The summed E-state index contributed by atoms with van der Waals surface area (Å²) in [6, 6.07) is 6.43. The van der Waals surface area contributed by atoms with E-state index in [4.69, 9.17) is 30.6 Å². The molecule has 42 heavy (non-hydrogen) atoms. The van der Waals surface area contributed by atoms with E-state index in [0.717, 1.165) is 18.2 Å². The van der Waals surface area contributed by atoms with Crippen molar-refractivity contribution in [3.63, 3.8) is 0 Å². The van der Waals surface area contributed by atoms with Crippen LogP contribution in [0.3, 0.4) is 0 Å². The summed E-state index contributed by atoms with van der Waals surface area (Å²) >= 11 is 6.07. The molecule has 0 aliphatic rings. The van der Waals surface area contributed by atoms with E-state index < -0.39 is 62.5 Å². The number of benzene rings is 2. The number of rotatable bonds is 13. The van der Waals surface area contributed by atoms with Gasteiger partial charge in [-0.05, 0) is 57.2 Å². The van der Waals surface area contributed by atoms with Gasteiger partial charge in [0.15, 0.2) is 11.9 Å². The molecule has 0 spiro atoms. The molecule has 0 unspecified atom stereocenters. The van der Waals surface area contributed by atoms with Gasteiger partial charge < -0.3 is 24.5 Å². The summed E-state index contributed by atoms with van der Waals surface area (Å²) in [5, 5.41) is 10.7. The maximum Gasteiger partial charge on any atom is 0.347 e. The van der Waals surface area contributed by atoms with E-state index in [0.29, 0.717) is 11.8 Å². The summed E-state index contributed by atoms with van der Waals surface area (Å²) in [5.41, 5.74) is -0.349. The van der Waals surface area contributed by atoms with Crippen LogP contribution in [0.2, 0.25) is 5.02 Å². The van der Waals surface area contributed by atoms with Gasteiger partial charge in [0.1, 0.15) is 28.9 Å². The molecule has 3 rings (SSSR count). The second kappa shape index (κ2) is 13.9. The number of carbonyl (C=O) groups excluding carboxylic acids is 3. The van der Waals surface area contributed by atoms with Crippen LogP contribution in [0.15, 0.2) is 58.0 Å². The van der Waals surface area contributed by atoms with E-state index >= 15 is 0 Å². The molecule has 226 valence electrons. The highest BCUT2D eigenvalue weighted by Gasteiger charge is 2.26. The SMILES string of the molecule is C[C@H](COC(=O)[C@H](C)OC(=O)c1cc(S(N)(=O)=O)c(Cl)cc1NCc1ccco1)N[C@H](C)C(=O)c1cc(F)cc(F)c1. The third-order valence-corrected chi connectivity index (χ3v) is 7.17. The number of halogens is 3. The van der Waals surface area contributed by atoms with Crippen molar-refractivity contribution in [1.82, 2.24) is 5.32 Å². The lowest BCUT2D eigenvalue weighted by molar-refractivity contribution is -0.153. The number of furan rings is 1. The van der Waals surface area contributed by atoms with E-state index in [2.05, 4.69) is 10.6 Å². The third kappa shape index (κ3) is 8.82. The number of carbonyl (C=O) groups is 3. The highest BCUT2D eigenvalue weighted by atomic mass is 35.5. The maximum atomic E-state index is 13.5. The van der Waals surface area contributed by atoms with Crippen LogP contribution in [0.1, 0.15) is 47.2 Å². The van der Waals surface area contributed by atoms with Gasteiger partial charge in [0.2, 0.25) is 10.0 Å². The number of Topliss-reactive ketones (excluding diaryl/α,β-unsaturated/α-hetero) is 1. The van der Waals surface area contributed by atoms with Crippen molar-refractivity contribution in [1.29, 1.82) is 0 Å². The van der Waals surface area contributed by atoms with Crippen molar-refractivity contribution in [3.05, 3.63) is 82.3 Å². The molecular weight excluding hydrogens is 600 g/mol. The molecule has 0 aliphatic heterocycles. The maximum absolute atomic E-state index is 13.5. The van der Waals surface area contributed by atoms with Gasteiger partial charge in [0, 0.05) is 17.7 Å². The average molecular weight is 628 g/mol. The van der Waals surface area contributed by atoms with E-state index in [9.17, 15) is 31.6 Å². The summed E-state index contributed by atoms with van der Waals surface area (Å²) in [6.07, 6.45) is 0.0161. The van der Waals surface area contributed by atoms with Crippen molar-refractivity contribution in [3.8, 4) is 0 Å². The van der Waals surface area contributed by atoms with Crippen LogP contribution < -0.4 is 15.8 Å². The van der Waals surface area contributed by atoms with Crippen LogP contribution in [-0.2, 0) is 30.8 Å². The Bertz CT molecular complexity index is 1550. The smallest absolute Gasteiger partial charge is 0.347 e. The monoisotopic (exact) mass is 627 g/mol. The number of hydrogen-bond acceptors (Lipinski definition) is 10. The molecular formula is C27H28ClF2N3O8S. The minimum absolute atomic E-state index is 0.0871. The molecule has 11 nitrogen and oxygen atoms in total. The Morgan fingerprint density at radius 3 is 2.33 bits per heavy atom. The fourth-order valence-electron chi connectivity index (χ4n) is 3.78. The van der Waals surface area contributed by atoms with Crippen molar-refractivity contribution in [2.45, 2.75) is 50.4 Å². The number of hydrogen-bond donors (Lipinski definition) is 3. The van der Waals surface area contributed by atoms with Gasteiger partial charge in [-0.1, -0.05) is 11.6 Å². The van der Waals surface area contributed by atoms with Gasteiger partial charge in [-0.3, -0.25) is 4.79 Å². The molecule has 3 aromatic rings. The predicted octanol–water partition coefficient (Wildman–Crippen LogP) is 3.81. The molecule has 2 aromatic carbocycles. The standard InChI is InChI=1S/C27H28ClF2N3O8S/c1-14(33-15(2)25(34)17-7-18(29)9-19(30)8-17)13-40-26(35)16(3)41-27(36)21-10-24(42(31,37)38)22(28)11-23(21)32-12-20-5-4-6-39-20/h4-11,14-16,32-33H,12-13H2,1-3H3,(H2,31,37,38)/t14-,15-,16+/m1/s1. The first-order valence-corrected chi connectivity index (χ1v) is 14.3. The first kappa shape index (κ1) is 32.7. The van der Waals surface area contributed by atoms with E-state index in [1.54, 1.807) is 19.1 Å². The number of ketones is 1. The normalized spacial score (nSPS) is 13.6. The zero-order valence-corrected chi connectivity index (χ0v) is 24.2. The Balaban J connectivity index is 1.62. The fraction of sp³-hybridized carbons (Fsp3) is 0.296. The lowest BCUT2D eigenvalue weighted by Crippen LogP contribution is -2.43. The summed E-state index contributed by atoms with van der Waals surface area (Å²) in [4.78, 5) is 37.5. The second-order valence-corrected chi connectivity index (χ2v) is 11.2. The number of nitrogens with one attached hydrogen (secondary N) is 2. The van der Waals surface area contributed by atoms with Crippen molar-refractivity contribution in [2.24, 2.45) is 5.14 Å². The highest BCUT2D eigenvalue weighted by molar-refractivity contribution is 7.89. The molecule has 0 radical (unpaired) electrons. The molecule has 0 bridgehead atoms. The van der Waals surface area contributed by atoms with Gasteiger partial charge >= 0.3 is 11.9 Å². The van der Waals surface area contributed by atoms with Crippen LogP contribution >= 0.6 is 11.6 Å². The van der Waals surface area contributed by atoms with Crippen molar-refractivity contribution < 1.29 is 45.5 Å². The number of primary sulfonamides is 1. The van der Waals surface area contributed by atoms with E-state index in [-0.39, 0.29) is 35.0 Å². The second-order valence-electron chi connectivity index (χ2n) is 9.30. The van der Waals surface area contributed by atoms with Gasteiger partial charge in [0.05, 0.1) is 35.1 Å². The largest absolute Gasteiger partial charge is 0.467 e. The van der Waals surface area contributed by atoms with Gasteiger partial charge in [-0.2, -0.15) is 0 Å². The average Bonchev–Trinajstić information content (AvgIpc) is 3.42. The minimum atomic E-state index is -4.31. The Hall–Kier alpha value is -3.85. The van der Waals surface area contributed by atoms with Crippen LogP contribution in [0.25, 0.3) is 0 Å². The lowest BCUT2D eigenvalue weighted by atomic mass is 10.0. The van der Waals surface area contributed by atoms with Gasteiger partial charge in [-0.15, -0.1) is 0 Å². The molecule has 3 atom stereocenters. The topological polar surface area (TPSA) is 167 Å². The Kier molecular flexibility index (Phi) is 10.8. The van der Waals surface area contributed by atoms with Crippen molar-refractivity contribution >= 4 is 45.0 Å². The molecule has 0 saturated carbocycles. The fourth-order valence-corrected chi connectivity index (χ4v) is 4.87. The van der Waals surface area contributed by atoms with Gasteiger partial charge in [-0.25, -0.2) is 31.9 Å². The molecule has 0 aliphatic carbocycles. The summed E-state index contributed by atoms with van der Waals surface area (Å²) < 4.78 is 66.5. The zero-order chi connectivity index (χ0) is 31.2. The lowest BCUT2D eigenvalue weighted by Gasteiger charge is -2.20. The molecule has 0 saturated heterocycles. The molecule has 1 heterocycles. The first-order valence-electron chi connectivity index (χ1n) is 12.4. The van der Waals surface area contributed by atoms with Crippen molar-refractivity contribution in [2.75, 3.05) is 11.9 Å². The summed E-state index contributed by atoms with van der Waals surface area (Å²) in [7, 11) is -4.31. The van der Waals surface area contributed by atoms with E-state index in [1.807, 2.05) is 0 Å². The molecule has 0 fully saturated rings. The summed E-state index contributed by atoms with van der Waals surface area (Å²) in [5.74, 6) is -3.87. The zero-order valence-electron chi connectivity index (χ0n) is 22.7. The predicted molar refractivity (Wildman–Crippen MR) is 147 cm³/mol. The third-order valence-electron chi connectivity index (χ3n) is 5.80. The first-order chi connectivity index (χ1) is 19.6.